The number of anilines is 1. The number of hydrogen-bond acceptors (Lipinski definition) is 3. The maximum absolute atomic E-state index is 9.63. The summed E-state index contributed by atoms with van der Waals surface area (Å²) in [6.07, 6.45) is 6.59. The molecular weight excluding hydrogens is 260 g/mol. The molecule has 1 unspecified atom stereocenters. The van der Waals surface area contributed by atoms with Gasteiger partial charge in [-0.25, -0.2) is 0 Å². The van der Waals surface area contributed by atoms with Crippen LogP contribution in [0.1, 0.15) is 44.6 Å². The molecule has 118 valence electrons. The second-order valence-electron chi connectivity index (χ2n) is 6.34. The first-order valence-electron chi connectivity index (χ1n) is 8.36. The van der Waals surface area contributed by atoms with Gasteiger partial charge < -0.3 is 14.9 Å². The highest BCUT2D eigenvalue weighted by Crippen LogP contribution is 2.23. The predicted octanol–water partition coefficient (Wildman–Crippen LogP) is 3.79. The highest BCUT2D eigenvalue weighted by molar-refractivity contribution is 5.51. The molecule has 1 aromatic carbocycles. The van der Waals surface area contributed by atoms with Gasteiger partial charge in [-0.05, 0) is 69.5 Å². The zero-order chi connectivity index (χ0) is 15.2. The molecule has 0 amide bonds. The fraction of sp³-hybridized carbons (Fsp3) is 0.667. The lowest BCUT2D eigenvalue weighted by molar-refractivity contribution is 0.152. The van der Waals surface area contributed by atoms with Crippen LogP contribution in [0.2, 0.25) is 0 Å². The van der Waals surface area contributed by atoms with Crippen LogP contribution in [-0.2, 0) is 0 Å². The lowest BCUT2D eigenvalue weighted by Gasteiger charge is -2.35. The topological polar surface area (TPSA) is 26.7 Å². The highest BCUT2D eigenvalue weighted by Gasteiger charge is 2.19. The van der Waals surface area contributed by atoms with Crippen molar-refractivity contribution in [3.8, 4) is 5.75 Å². The molecule has 1 aliphatic heterocycles. The number of piperidine rings is 1. The number of phenolic OH excluding ortho intramolecular Hbond substituents is 1. The van der Waals surface area contributed by atoms with Crippen LogP contribution in [0.3, 0.4) is 0 Å². The van der Waals surface area contributed by atoms with Crippen LogP contribution in [0.15, 0.2) is 18.2 Å². The SMILES string of the molecule is CCC(CCN(C)c1ccc(O)c(C)c1)N1CCCCC1. The van der Waals surface area contributed by atoms with Gasteiger partial charge in [-0.2, -0.15) is 0 Å². The van der Waals surface area contributed by atoms with E-state index < -0.39 is 0 Å². The molecule has 3 heteroatoms. The van der Waals surface area contributed by atoms with E-state index in [1.165, 1.54) is 50.9 Å². The van der Waals surface area contributed by atoms with Gasteiger partial charge in [0.25, 0.3) is 0 Å². The van der Waals surface area contributed by atoms with Crippen molar-refractivity contribution in [3.05, 3.63) is 23.8 Å². The third-order valence-electron chi connectivity index (χ3n) is 4.80. The van der Waals surface area contributed by atoms with Crippen LogP contribution in [0.5, 0.6) is 5.75 Å². The van der Waals surface area contributed by atoms with Crippen molar-refractivity contribution < 1.29 is 5.11 Å². The van der Waals surface area contributed by atoms with Crippen molar-refractivity contribution in [1.29, 1.82) is 0 Å². The predicted molar refractivity (Wildman–Crippen MR) is 90.2 cm³/mol. The number of rotatable bonds is 6. The first kappa shape index (κ1) is 16.2. The normalized spacial score (nSPS) is 17.7. The molecule has 0 aliphatic carbocycles. The van der Waals surface area contributed by atoms with E-state index >= 15 is 0 Å². The molecule has 1 aliphatic rings. The maximum Gasteiger partial charge on any atom is 0.118 e. The highest BCUT2D eigenvalue weighted by atomic mass is 16.3. The molecule has 0 aromatic heterocycles. The van der Waals surface area contributed by atoms with Crippen LogP contribution < -0.4 is 4.90 Å². The molecular formula is C18H30N2O. The molecule has 1 aromatic rings. The summed E-state index contributed by atoms with van der Waals surface area (Å²) in [4.78, 5) is 4.98. The van der Waals surface area contributed by atoms with Crippen LogP contribution in [0.4, 0.5) is 5.69 Å². The number of phenols is 1. The Morgan fingerprint density at radius 2 is 1.95 bits per heavy atom. The minimum atomic E-state index is 0.381. The van der Waals surface area contributed by atoms with E-state index in [9.17, 15) is 5.11 Å². The van der Waals surface area contributed by atoms with E-state index in [2.05, 4.69) is 29.8 Å². The van der Waals surface area contributed by atoms with Crippen molar-refractivity contribution in [3.63, 3.8) is 0 Å². The van der Waals surface area contributed by atoms with Crippen molar-refractivity contribution in [2.45, 2.75) is 52.0 Å². The van der Waals surface area contributed by atoms with Crippen LogP contribution in [-0.4, -0.2) is 42.7 Å². The van der Waals surface area contributed by atoms with Crippen molar-refractivity contribution in [1.82, 2.24) is 4.90 Å². The maximum atomic E-state index is 9.63. The molecule has 0 bridgehead atoms. The summed E-state index contributed by atoms with van der Waals surface area (Å²) in [7, 11) is 2.15. The average molecular weight is 290 g/mol. The van der Waals surface area contributed by atoms with Gasteiger partial charge in [-0.15, -0.1) is 0 Å². The Morgan fingerprint density at radius 3 is 2.57 bits per heavy atom. The monoisotopic (exact) mass is 290 g/mol. The Kier molecular flexibility index (Phi) is 5.92. The van der Waals surface area contributed by atoms with Gasteiger partial charge >= 0.3 is 0 Å². The van der Waals surface area contributed by atoms with Crippen LogP contribution >= 0.6 is 0 Å². The molecule has 2 rings (SSSR count). The smallest absolute Gasteiger partial charge is 0.118 e. The molecule has 0 spiro atoms. The van der Waals surface area contributed by atoms with E-state index in [-0.39, 0.29) is 0 Å². The molecule has 1 heterocycles. The largest absolute Gasteiger partial charge is 0.508 e. The third kappa shape index (κ3) is 4.37. The quantitative estimate of drug-likeness (QED) is 0.863. The molecule has 1 fully saturated rings. The van der Waals surface area contributed by atoms with Crippen molar-refractivity contribution in [2.24, 2.45) is 0 Å². The molecule has 21 heavy (non-hydrogen) atoms. The van der Waals surface area contributed by atoms with E-state index in [0.717, 1.165) is 12.1 Å². The van der Waals surface area contributed by atoms with E-state index in [1.807, 2.05) is 13.0 Å². The number of benzene rings is 1. The lowest BCUT2D eigenvalue weighted by atomic mass is 10.0. The van der Waals surface area contributed by atoms with Crippen molar-refractivity contribution >= 4 is 5.69 Å². The fourth-order valence-electron chi connectivity index (χ4n) is 3.28. The second-order valence-corrected chi connectivity index (χ2v) is 6.34. The standard InChI is InChI=1S/C18H30N2O/c1-4-16(20-11-6-5-7-12-20)10-13-19(3)17-8-9-18(21)15(2)14-17/h8-9,14,16,21H,4-7,10-13H2,1-3H3. The summed E-state index contributed by atoms with van der Waals surface area (Å²) in [6, 6.07) is 6.58. The second kappa shape index (κ2) is 7.69. The first-order valence-corrected chi connectivity index (χ1v) is 8.36. The number of likely N-dealkylation sites (tertiary alicyclic amines) is 1. The van der Waals surface area contributed by atoms with Crippen LogP contribution in [0, 0.1) is 6.92 Å². The van der Waals surface area contributed by atoms with Gasteiger partial charge in [-0.1, -0.05) is 13.3 Å². The van der Waals surface area contributed by atoms with Gasteiger partial charge in [0.05, 0.1) is 0 Å². The molecule has 3 nitrogen and oxygen atoms in total. The Hall–Kier alpha value is -1.22. The first-order chi connectivity index (χ1) is 10.1. The van der Waals surface area contributed by atoms with E-state index in [4.69, 9.17) is 0 Å². The summed E-state index contributed by atoms with van der Waals surface area (Å²) in [6.45, 7) is 7.89. The van der Waals surface area contributed by atoms with Gasteiger partial charge in [0.15, 0.2) is 0 Å². The fourth-order valence-corrected chi connectivity index (χ4v) is 3.28. The minimum absolute atomic E-state index is 0.381. The average Bonchev–Trinajstić information content (AvgIpc) is 2.51. The Bertz CT molecular complexity index is 441. The Morgan fingerprint density at radius 1 is 1.24 bits per heavy atom. The molecule has 1 atom stereocenters. The molecule has 0 radical (unpaired) electrons. The Balaban J connectivity index is 1.89. The third-order valence-corrected chi connectivity index (χ3v) is 4.80. The van der Waals surface area contributed by atoms with Crippen LogP contribution in [0.25, 0.3) is 0 Å². The Labute approximate surface area is 129 Å². The number of nitrogens with zero attached hydrogens (tertiary/aromatic N) is 2. The summed E-state index contributed by atoms with van der Waals surface area (Å²) in [5, 5.41) is 9.63. The molecule has 1 N–H and O–H groups in total. The summed E-state index contributed by atoms with van der Waals surface area (Å²) < 4.78 is 0. The zero-order valence-electron chi connectivity index (χ0n) is 13.8. The minimum Gasteiger partial charge on any atom is -0.508 e. The van der Waals surface area contributed by atoms with E-state index in [0.29, 0.717) is 11.8 Å². The molecule has 0 saturated carbocycles. The van der Waals surface area contributed by atoms with E-state index in [1.54, 1.807) is 6.07 Å². The summed E-state index contributed by atoms with van der Waals surface area (Å²) in [5.74, 6) is 0.381. The van der Waals surface area contributed by atoms with Gasteiger partial charge in [0, 0.05) is 25.3 Å². The lowest BCUT2D eigenvalue weighted by Crippen LogP contribution is -2.40. The zero-order valence-corrected chi connectivity index (χ0v) is 13.8. The number of aryl methyl sites for hydroxylation is 1. The summed E-state index contributed by atoms with van der Waals surface area (Å²) >= 11 is 0. The van der Waals surface area contributed by atoms with Gasteiger partial charge in [-0.3, -0.25) is 0 Å². The molecule has 1 saturated heterocycles. The van der Waals surface area contributed by atoms with Gasteiger partial charge in [0.1, 0.15) is 5.75 Å². The number of hydrogen-bond donors (Lipinski definition) is 1. The summed E-state index contributed by atoms with van der Waals surface area (Å²) in [5.41, 5.74) is 2.14. The number of aromatic hydroxyl groups is 1. The van der Waals surface area contributed by atoms with Gasteiger partial charge in [0.2, 0.25) is 0 Å². The van der Waals surface area contributed by atoms with Crippen molar-refractivity contribution in [2.75, 3.05) is 31.6 Å².